The van der Waals surface area contributed by atoms with Crippen molar-refractivity contribution in [3.8, 4) is 33.4 Å². The first-order valence-corrected chi connectivity index (χ1v) is 21.9. The molecule has 304 valence electrons. The molecule has 0 heterocycles. The summed E-state index contributed by atoms with van der Waals surface area (Å²) in [6.07, 6.45) is 8.67. The molecule has 9 rings (SSSR count). The lowest BCUT2D eigenvalue weighted by molar-refractivity contribution is 1.22. The number of benzene rings is 9. The first kappa shape index (κ1) is 40.5. The van der Waals surface area contributed by atoms with Crippen molar-refractivity contribution in [2.45, 2.75) is 19.8 Å². The maximum Gasteiger partial charge on any atom is 0.0462 e. The van der Waals surface area contributed by atoms with E-state index in [1.54, 1.807) is 0 Å². The van der Waals surface area contributed by atoms with Gasteiger partial charge in [0.25, 0.3) is 0 Å². The van der Waals surface area contributed by atoms with Crippen LogP contribution in [0.5, 0.6) is 0 Å². The summed E-state index contributed by atoms with van der Waals surface area (Å²) in [6, 6.07) is 86.9. The molecule has 2 heteroatoms. The van der Waals surface area contributed by atoms with Gasteiger partial charge in [-0.3, -0.25) is 0 Å². The number of hydrogen-bond donors (Lipinski definition) is 0. The van der Waals surface area contributed by atoms with Gasteiger partial charge < -0.3 is 9.80 Å². The Labute approximate surface area is 373 Å². The number of para-hydroxylation sites is 2. The van der Waals surface area contributed by atoms with Gasteiger partial charge >= 0.3 is 0 Å². The molecule has 0 fully saturated rings. The van der Waals surface area contributed by atoms with Gasteiger partial charge in [-0.05, 0) is 136 Å². The van der Waals surface area contributed by atoms with Crippen LogP contribution in [0.3, 0.4) is 0 Å². The van der Waals surface area contributed by atoms with Crippen LogP contribution in [-0.4, -0.2) is 0 Å². The van der Waals surface area contributed by atoms with E-state index in [1.807, 2.05) is 0 Å². The van der Waals surface area contributed by atoms with Crippen molar-refractivity contribution in [2.24, 2.45) is 0 Å². The molecule has 0 saturated heterocycles. The minimum atomic E-state index is 0.821. The lowest BCUT2D eigenvalue weighted by atomic mass is 9.98. The summed E-state index contributed by atoms with van der Waals surface area (Å²) in [4.78, 5) is 4.64. The molecule has 0 atom stereocenters. The summed E-state index contributed by atoms with van der Waals surface area (Å²) in [7, 11) is 0. The largest absolute Gasteiger partial charge is 0.311 e. The highest BCUT2D eigenvalue weighted by molar-refractivity contribution is 5.82. The third-order valence-electron chi connectivity index (χ3n) is 11.4. The van der Waals surface area contributed by atoms with E-state index in [2.05, 4.69) is 278 Å². The molecule has 0 N–H and O–H groups in total. The third-order valence-corrected chi connectivity index (χ3v) is 11.4. The fourth-order valence-corrected chi connectivity index (χ4v) is 8.15. The third kappa shape index (κ3) is 9.67. The minimum Gasteiger partial charge on any atom is -0.311 e. The highest BCUT2D eigenvalue weighted by Gasteiger charge is 2.15. The molecule has 0 aliphatic rings. The molecule has 0 unspecified atom stereocenters. The fourth-order valence-electron chi connectivity index (χ4n) is 8.15. The van der Waals surface area contributed by atoms with Crippen molar-refractivity contribution in [1.29, 1.82) is 0 Å². The Morgan fingerprint density at radius 1 is 0.349 bits per heavy atom. The average Bonchev–Trinajstić information content (AvgIpc) is 3.36. The van der Waals surface area contributed by atoms with E-state index in [-0.39, 0.29) is 0 Å². The minimum absolute atomic E-state index is 0.821. The van der Waals surface area contributed by atoms with Crippen LogP contribution in [-0.2, 0) is 6.42 Å². The quantitative estimate of drug-likeness (QED) is 0.101. The molecule has 2 nitrogen and oxygen atoms in total. The lowest BCUT2D eigenvalue weighted by Gasteiger charge is -2.26. The average molecular weight is 811 g/mol. The predicted molar refractivity (Wildman–Crippen MR) is 270 cm³/mol. The molecule has 0 saturated carbocycles. The van der Waals surface area contributed by atoms with E-state index < -0.39 is 0 Å². The maximum atomic E-state index is 2.36. The van der Waals surface area contributed by atoms with Gasteiger partial charge in [-0.15, -0.1) is 0 Å². The summed E-state index contributed by atoms with van der Waals surface area (Å²) in [5.74, 6) is 0. The normalized spacial score (nSPS) is 11.4. The molecular formula is C61H50N2. The molecule has 0 aliphatic heterocycles. The van der Waals surface area contributed by atoms with Gasteiger partial charge in [0.2, 0.25) is 0 Å². The Morgan fingerprint density at radius 3 is 1.13 bits per heavy atom. The first-order valence-electron chi connectivity index (χ1n) is 21.9. The molecule has 0 spiro atoms. The van der Waals surface area contributed by atoms with Crippen LogP contribution in [0.2, 0.25) is 0 Å². The number of hydrogen-bond acceptors (Lipinski definition) is 2. The van der Waals surface area contributed by atoms with E-state index in [4.69, 9.17) is 0 Å². The second kappa shape index (κ2) is 19.6. The van der Waals surface area contributed by atoms with E-state index >= 15 is 0 Å². The maximum absolute atomic E-state index is 2.36. The van der Waals surface area contributed by atoms with Gasteiger partial charge in [-0.1, -0.05) is 195 Å². The number of nitrogens with zero attached hydrogens (tertiary/aromatic N) is 2. The lowest BCUT2D eigenvalue weighted by Crippen LogP contribution is -2.09. The highest BCUT2D eigenvalue weighted by Crippen LogP contribution is 2.38. The summed E-state index contributed by atoms with van der Waals surface area (Å²) in [5, 5.41) is 0. The zero-order chi connectivity index (χ0) is 42.6. The van der Waals surface area contributed by atoms with E-state index in [1.165, 1.54) is 50.1 Å². The Morgan fingerprint density at radius 2 is 0.698 bits per heavy atom. The fraction of sp³-hybridized carbons (Fsp3) is 0.0492. The predicted octanol–water partition coefficient (Wildman–Crippen LogP) is 17.2. The van der Waals surface area contributed by atoms with Crippen LogP contribution in [0.1, 0.15) is 24.5 Å². The molecule has 9 aromatic rings. The van der Waals surface area contributed by atoms with Crippen LogP contribution in [0.25, 0.3) is 39.0 Å². The number of allylic oxidation sites excluding steroid dienone is 4. The van der Waals surface area contributed by atoms with Crippen molar-refractivity contribution < 1.29 is 0 Å². The van der Waals surface area contributed by atoms with Crippen LogP contribution < -0.4 is 9.80 Å². The molecule has 63 heavy (non-hydrogen) atoms. The van der Waals surface area contributed by atoms with Gasteiger partial charge in [-0.25, -0.2) is 0 Å². The Bertz CT molecular complexity index is 2880. The molecule has 0 radical (unpaired) electrons. The topological polar surface area (TPSA) is 6.48 Å². The van der Waals surface area contributed by atoms with Crippen molar-refractivity contribution in [2.75, 3.05) is 9.80 Å². The van der Waals surface area contributed by atoms with Crippen LogP contribution in [0, 0.1) is 0 Å². The van der Waals surface area contributed by atoms with Crippen molar-refractivity contribution in [3.63, 3.8) is 0 Å². The molecular weight excluding hydrogens is 761 g/mol. The zero-order valence-corrected chi connectivity index (χ0v) is 35.6. The van der Waals surface area contributed by atoms with Crippen LogP contribution in [0.15, 0.2) is 261 Å². The highest BCUT2D eigenvalue weighted by atomic mass is 15.1. The van der Waals surface area contributed by atoms with E-state index in [0.717, 1.165) is 47.0 Å². The summed E-state index contributed by atoms with van der Waals surface area (Å²) in [6.45, 7) is 2.19. The van der Waals surface area contributed by atoms with Gasteiger partial charge in [0.15, 0.2) is 0 Å². The first-order chi connectivity index (χ1) is 31.2. The van der Waals surface area contributed by atoms with Gasteiger partial charge in [-0.2, -0.15) is 0 Å². The standard InChI is InChI=1S/C61H50N2/c1-2-3-18-50(53-34-42-60(43-35-53)62(56-24-12-6-13-25-56)58-38-30-51(31-39-58)48-19-8-4-9-20-48)29-28-47-17-16-23-55(46-47)54-36-44-61(45-37-54)63(57-26-14-7-15-27-57)59-40-32-52(33-41-59)49-21-10-5-11-22-49/h3-27,29-46H,2,28H2,1H3/b18-3-,50-29+. The zero-order valence-electron chi connectivity index (χ0n) is 35.6. The number of anilines is 6. The Balaban J connectivity index is 0.947. The molecule has 0 aromatic heterocycles. The van der Waals surface area contributed by atoms with Crippen molar-refractivity contribution in [3.05, 3.63) is 272 Å². The molecule has 0 aliphatic carbocycles. The van der Waals surface area contributed by atoms with Gasteiger partial charge in [0.05, 0.1) is 0 Å². The smallest absolute Gasteiger partial charge is 0.0462 e. The Hall–Kier alpha value is -7.94. The molecule has 9 aromatic carbocycles. The Kier molecular flexibility index (Phi) is 12.6. The molecule has 0 bridgehead atoms. The summed E-state index contributed by atoms with van der Waals surface area (Å²) < 4.78 is 0. The van der Waals surface area contributed by atoms with Crippen molar-refractivity contribution >= 4 is 39.7 Å². The van der Waals surface area contributed by atoms with Gasteiger partial charge in [0, 0.05) is 34.1 Å². The van der Waals surface area contributed by atoms with Crippen LogP contribution >= 0.6 is 0 Å². The summed E-state index contributed by atoms with van der Waals surface area (Å²) in [5.41, 5.74) is 17.6. The van der Waals surface area contributed by atoms with Crippen LogP contribution in [0.4, 0.5) is 34.1 Å². The van der Waals surface area contributed by atoms with Gasteiger partial charge in [0.1, 0.15) is 0 Å². The van der Waals surface area contributed by atoms with E-state index in [0.29, 0.717) is 0 Å². The van der Waals surface area contributed by atoms with Crippen molar-refractivity contribution in [1.82, 2.24) is 0 Å². The monoisotopic (exact) mass is 810 g/mol. The molecule has 0 amide bonds. The summed E-state index contributed by atoms with van der Waals surface area (Å²) >= 11 is 0. The second-order valence-corrected chi connectivity index (χ2v) is 15.6. The number of rotatable bonds is 14. The second-order valence-electron chi connectivity index (χ2n) is 15.6. The SMILES string of the molecule is CC/C=C\C(=C/Cc1cccc(-c2ccc(N(c3ccccc3)c3ccc(-c4ccccc4)cc3)cc2)c1)c1ccc(N(c2ccccc2)c2ccc(-c3ccccc3)cc2)cc1. The van der Waals surface area contributed by atoms with E-state index in [9.17, 15) is 0 Å².